The topological polar surface area (TPSA) is 12.0 Å². The summed E-state index contributed by atoms with van der Waals surface area (Å²) < 4.78 is 13.4. The molecule has 1 aliphatic rings. The summed E-state index contributed by atoms with van der Waals surface area (Å²) >= 11 is 1.84. The minimum absolute atomic E-state index is 0.137. The third-order valence-electron chi connectivity index (χ3n) is 5.26. The van der Waals surface area contributed by atoms with Crippen molar-refractivity contribution >= 4 is 11.8 Å². The van der Waals surface area contributed by atoms with Gasteiger partial charge in [-0.25, -0.2) is 4.39 Å². The first-order chi connectivity index (χ1) is 9.96. The third-order valence-corrected chi connectivity index (χ3v) is 6.61. The predicted octanol–water partition coefficient (Wildman–Crippen LogP) is 5.11. The lowest BCUT2D eigenvalue weighted by molar-refractivity contribution is 0.142. The summed E-state index contributed by atoms with van der Waals surface area (Å²) in [7, 11) is 2.05. The maximum atomic E-state index is 13.4. The number of halogens is 1. The van der Waals surface area contributed by atoms with Crippen LogP contribution in [0.2, 0.25) is 0 Å². The number of thioether (sulfide) groups is 1. The van der Waals surface area contributed by atoms with Gasteiger partial charge in [-0.1, -0.05) is 33.3 Å². The van der Waals surface area contributed by atoms with Gasteiger partial charge in [-0.2, -0.15) is 0 Å². The van der Waals surface area contributed by atoms with Gasteiger partial charge in [0.2, 0.25) is 0 Å². The maximum Gasteiger partial charge on any atom is 0.124 e. The Labute approximate surface area is 133 Å². The summed E-state index contributed by atoms with van der Waals surface area (Å²) in [5, 5.41) is 3.99. The molecule has 1 aromatic carbocycles. The summed E-state index contributed by atoms with van der Waals surface area (Å²) in [6.07, 6.45) is 4.96. The van der Waals surface area contributed by atoms with E-state index in [1.165, 1.54) is 31.7 Å². The van der Waals surface area contributed by atoms with E-state index in [0.29, 0.717) is 16.7 Å². The maximum absolute atomic E-state index is 13.4. The molecule has 0 heterocycles. The smallest absolute Gasteiger partial charge is 0.124 e. The Morgan fingerprint density at radius 2 is 2.10 bits per heavy atom. The minimum atomic E-state index is -0.137. The van der Waals surface area contributed by atoms with Crippen molar-refractivity contribution < 1.29 is 4.39 Å². The number of hydrogen-bond acceptors (Lipinski definition) is 2. The van der Waals surface area contributed by atoms with Gasteiger partial charge in [-0.05, 0) is 55.8 Å². The van der Waals surface area contributed by atoms with Crippen LogP contribution in [0.15, 0.2) is 29.2 Å². The molecule has 3 atom stereocenters. The molecule has 0 aliphatic heterocycles. The van der Waals surface area contributed by atoms with E-state index in [-0.39, 0.29) is 5.82 Å². The van der Waals surface area contributed by atoms with E-state index < -0.39 is 0 Å². The molecule has 21 heavy (non-hydrogen) atoms. The Kier molecular flexibility index (Phi) is 5.73. The molecule has 1 N–H and O–H groups in total. The van der Waals surface area contributed by atoms with E-state index in [1.54, 1.807) is 6.07 Å². The van der Waals surface area contributed by atoms with Gasteiger partial charge < -0.3 is 5.32 Å². The van der Waals surface area contributed by atoms with Gasteiger partial charge >= 0.3 is 0 Å². The summed E-state index contributed by atoms with van der Waals surface area (Å²) in [6, 6.07) is 7.54. The minimum Gasteiger partial charge on any atom is -0.316 e. The van der Waals surface area contributed by atoms with Gasteiger partial charge in [-0.15, -0.1) is 11.8 Å². The fourth-order valence-corrected chi connectivity index (χ4v) is 4.76. The van der Waals surface area contributed by atoms with E-state index in [4.69, 9.17) is 0 Å². The summed E-state index contributed by atoms with van der Waals surface area (Å²) in [6.45, 7) is 7.07. The summed E-state index contributed by atoms with van der Waals surface area (Å²) in [4.78, 5) is 1.05. The molecule has 1 fully saturated rings. The zero-order valence-electron chi connectivity index (χ0n) is 13.7. The Balaban J connectivity index is 2.10. The van der Waals surface area contributed by atoms with Gasteiger partial charge in [0.05, 0.1) is 0 Å². The number of benzene rings is 1. The molecule has 0 amide bonds. The quantitative estimate of drug-likeness (QED) is 0.811. The molecule has 0 aromatic heterocycles. The second-order valence-corrected chi connectivity index (χ2v) is 8.17. The van der Waals surface area contributed by atoms with Gasteiger partial charge in [0.1, 0.15) is 5.82 Å². The molecule has 1 aliphatic carbocycles. The second kappa shape index (κ2) is 7.15. The van der Waals surface area contributed by atoms with Crippen molar-refractivity contribution in [1.82, 2.24) is 5.32 Å². The van der Waals surface area contributed by atoms with Crippen molar-refractivity contribution in [3.63, 3.8) is 0 Å². The molecule has 0 spiro atoms. The van der Waals surface area contributed by atoms with Crippen LogP contribution < -0.4 is 5.32 Å². The number of hydrogen-bond donors (Lipinski definition) is 1. The molecule has 3 unspecified atom stereocenters. The Morgan fingerprint density at radius 1 is 1.33 bits per heavy atom. The average molecular weight is 309 g/mol. The molecule has 1 aromatic rings. The molecule has 0 saturated heterocycles. The van der Waals surface area contributed by atoms with Crippen LogP contribution in [0, 0.1) is 17.2 Å². The zero-order valence-corrected chi connectivity index (χ0v) is 14.5. The Bertz CT molecular complexity index is 460. The SMILES string of the molecule is CCC(C)(C)C1CCC(NC)C(Sc2cccc(F)c2)C1. The fourth-order valence-electron chi connectivity index (χ4n) is 3.30. The van der Waals surface area contributed by atoms with Crippen LogP contribution in [0.3, 0.4) is 0 Å². The van der Waals surface area contributed by atoms with Crippen molar-refractivity contribution in [1.29, 1.82) is 0 Å². The van der Waals surface area contributed by atoms with Gasteiger partial charge in [-0.3, -0.25) is 0 Å². The lowest BCUT2D eigenvalue weighted by Crippen LogP contribution is -2.43. The van der Waals surface area contributed by atoms with E-state index in [9.17, 15) is 4.39 Å². The first-order valence-electron chi connectivity index (χ1n) is 8.05. The molecule has 118 valence electrons. The monoisotopic (exact) mass is 309 g/mol. The standard InChI is InChI=1S/C18H28FNS/c1-5-18(2,3)13-9-10-16(20-4)17(11-13)21-15-8-6-7-14(19)12-15/h6-8,12-13,16-17,20H,5,9-11H2,1-4H3. The molecule has 1 nitrogen and oxygen atoms in total. The van der Waals surface area contributed by atoms with Crippen molar-refractivity contribution in [3.05, 3.63) is 30.1 Å². The highest BCUT2D eigenvalue weighted by molar-refractivity contribution is 8.00. The largest absolute Gasteiger partial charge is 0.316 e. The van der Waals surface area contributed by atoms with E-state index >= 15 is 0 Å². The highest BCUT2D eigenvalue weighted by atomic mass is 32.2. The van der Waals surface area contributed by atoms with Crippen molar-refractivity contribution in [2.45, 2.75) is 62.6 Å². The van der Waals surface area contributed by atoms with Gasteiger partial charge in [0.15, 0.2) is 0 Å². The third kappa shape index (κ3) is 4.23. The van der Waals surface area contributed by atoms with E-state index in [0.717, 1.165) is 10.8 Å². The predicted molar refractivity (Wildman–Crippen MR) is 90.3 cm³/mol. The molecular weight excluding hydrogens is 281 g/mol. The molecule has 2 rings (SSSR count). The summed E-state index contributed by atoms with van der Waals surface area (Å²) in [5.74, 6) is 0.625. The molecule has 0 bridgehead atoms. The van der Waals surface area contributed by atoms with Crippen LogP contribution in [-0.4, -0.2) is 18.3 Å². The zero-order chi connectivity index (χ0) is 15.5. The second-order valence-electron chi connectivity index (χ2n) is 6.86. The molecule has 0 radical (unpaired) electrons. The van der Waals surface area contributed by atoms with Crippen LogP contribution in [0.4, 0.5) is 4.39 Å². The van der Waals surface area contributed by atoms with Crippen LogP contribution >= 0.6 is 11.8 Å². The first-order valence-corrected chi connectivity index (χ1v) is 8.93. The molecule has 1 saturated carbocycles. The highest BCUT2D eigenvalue weighted by Gasteiger charge is 2.37. The number of rotatable bonds is 5. The van der Waals surface area contributed by atoms with Crippen LogP contribution in [0.25, 0.3) is 0 Å². The average Bonchev–Trinajstić information content (AvgIpc) is 2.47. The normalized spacial score (nSPS) is 26.8. The Morgan fingerprint density at radius 3 is 2.71 bits per heavy atom. The van der Waals surface area contributed by atoms with Crippen LogP contribution in [0.5, 0.6) is 0 Å². The van der Waals surface area contributed by atoms with Crippen molar-refractivity contribution in [2.24, 2.45) is 11.3 Å². The lowest BCUT2D eigenvalue weighted by atomic mass is 9.68. The van der Waals surface area contributed by atoms with Crippen molar-refractivity contribution in [3.8, 4) is 0 Å². The number of nitrogens with one attached hydrogen (secondary N) is 1. The van der Waals surface area contributed by atoms with E-state index in [2.05, 4.69) is 33.1 Å². The van der Waals surface area contributed by atoms with E-state index in [1.807, 2.05) is 23.9 Å². The van der Waals surface area contributed by atoms with Crippen LogP contribution in [-0.2, 0) is 0 Å². The highest BCUT2D eigenvalue weighted by Crippen LogP contribution is 2.44. The van der Waals surface area contributed by atoms with Gasteiger partial charge in [0, 0.05) is 16.2 Å². The van der Waals surface area contributed by atoms with Gasteiger partial charge in [0.25, 0.3) is 0 Å². The molecule has 3 heteroatoms. The lowest BCUT2D eigenvalue weighted by Gasteiger charge is -2.43. The summed E-state index contributed by atoms with van der Waals surface area (Å²) in [5.41, 5.74) is 0.402. The Hall–Kier alpha value is -0.540. The fraction of sp³-hybridized carbons (Fsp3) is 0.667. The van der Waals surface area contributed by atoms with Crippen molar-refractivity contribution in [2.75, 3.05) is 7.05 Å². The van der Waals surface area contributed by atoms with Crippen LogP contribution in [0.1, 0.15) is 46.5 Å². The first kappa shape index (κ1) is 16.8. The molecular formula is C18H28FNS.